The fourth-order valence-electron chi connectivity index (χ4n) is 3.01. The van der Waals surface area contributed by atoms with Gasteiger partial charge in [0, 0.05) is 5.56 Å². The van der Waals surface area contributed by atoms with Crippen molar-refractivity contribution in [2.24, 2.45) is 5.92 Å². The standard InChI is InChI=1S/C17H24N2O5S/c1-11-6-8-17(9-7-11,16(21)22)18-15(20)13-5-4-12(2)14(10-13)19-25(3,23)24/h4-5,10-11,19H,6-9H2,1-3H3,(H,18,20)(H,21,22). The number of aryl methyl sites for hydroxylation is 1. The molecule has 0 spiro atoms. The van der Waals surface area contributed by atoms with E-state index in [-0.39, 0.29) is 5.56 Å². The van der Waals surface area contributed by atoms with Crippen molar-refractivity contribution >= 4 is 27.6 Å². The number of nitrogens with one attached hydrogen (secondary N) is 2. The largest absolute Gasteiger partial charge is 0.480 e. The van der Waals surface area contributed by atoms with Crippen LogP contribution in [0.1, 0.15) is 48.5 Å². The van der Waals surface area contributed by atoms with Gasteiger partial charge in [-0.05, 0) is 56.2 Å². The van der Waals surface area contributed by atoms with Crippen molar-refractivity contribution < 1.29 is 23.1 Å². The van der Waals surface area contributed by atoms with Crippen molar-refractivity contribution in [1.29, 1.82) is 0 Å². The molecule has 0 heterocycles. The molecule has 7 nitrogen and oxygen atoms in total. The van der Waals surface area contributed by atoms with Crippen LogP contribution in [0, 0.1) is 12.8 Å². The van der Waals surface area contributed by atoms with E-state index in [4.69, 9.17) is 0 Å². The van der Waals surface area contributed by atoms with Gasteiger partial charge in [0.2, 0.25) is 10.0 Å². The van der Waals surface area contributed by atoms with Crippen LogP contribution in [0.15, 0.2) is 18.2 Å². The lowest BCUT2D eigenvalue weighted by Gasteiger charge is -2.36. The Balaban J connectivity index is 2.25. The SMILES string of the molecule is Cc1ccc(C(=O)NC2(C(=O)O)CCC(C)CC2)cc1NS(C)(=O)=O. The van der Waals surface area contributed by atoms with Crippen LogP contribution < -0.4 is 10.0 Å². The molecule has 0 aromatic heterocycles. The highest BCUT2D eigenvalue weighted by Gasteiger charge is 2.42. The predicted molar refractivity (Wildman–Crippen MR) is 95.1 cm³/mol. The summed E-state index contributed by atoms with van der Waals surface area (Å²) in [6.45, 7) is 3.78. The van der Waals surface area contributed by atoms with Gasteiger partial charge < -0.3 is 10.4 Å². The number of amides is 1. The number of carboxylic acid groups (broad SMARTS) is 1. The fourth-order valence-corrected chi connectivity index (χ4v) is 3.63. The maximum Gasteiger partial charge on any atom is 0.329 e. The number of anilines is 1. The summed E-state index contributed by atoms with van der Waals surface area (Å²) < 4.78 is 25.2. The second kappa shape index (κ2) is 7.03. The van der Waals surface area contributed by atoms with Crippen LogP contribution in [0.2, 0.25) is 0 Å². The highest BCUT2D eigenvalue weighted by molar-refractivity contribution is 7.92. The zero-order valence-corrected chi connectivity index (χ0v) is 15.4. The highest BCUT2D eigenvalue weighted by Crippen LogP contribution is 2.32. The zero-order chi connectivity index (χ0) is 18.8. The molecule has 1 aromatic rings. The number of carbonyl (C=O) groups excluding carboxylic acids is 1. The first-order valence-electron chi connectivity index (χ1n) is 8.17. The van der Waals surface area contributed by atoms with Gasteiger partial charge >= 0.3 is 5.97 Å². The molecular formula is C17H24N2O5S. The second-order valence-corrected chi connectivity index (χ2v) is 8.68. The minimum atomic E-state index is -3.48. The van der Waals surface area contributed by atoms with Crippen LogP contribution in [0.5, 0.6) is 0 Å². The van der Waals surface area contributed by atoms with E-state index in [2.05, 4.69) is 17.0 Å². The van der Waals surface area contributed by atoms with E-state index in [9.17, 15) is 23.1 Å². The molecule has 1 aliphatic rings. The van der Waals surface area contributed by atoms with Crippen molar-refractivity contribution in [3.05, 3.63) is 29.3 Å². The number of sulfonamides is 1. The summed E-state index contributed by atoms with van der Waals surface area (Å²) >= 11 is 0. The minimum absolute atomic E-state index is 0.219. The number of benzene rings is 1. The van der Waals surface area contributed by atoms with Gasteiger partial charge in [-0.2, -0.15) is 0 Å². The molecule has 0 unspecified atom stereocenters. The van der Waals surface area contributed by atoms with E-state index in [1.54, 1.807) is 19.1 Å². The first-order valence-corrected chi connectivity index (χ1v) is 10.1. The van der Waals surface area contributed by atoms with Crippen molar-refractivity contribution in [3.63, 3.8) is 0 Å². The maximum absolute atomic E-state index is 12.6. The maximum atomic E-state index is 12.6. The molecule has 0 saturated heterocycles. The molecule has 0 bridgehead atoms. The molecule has 0 aliphatic heterocycles. The lowest BCUT2D eigenvalue weighted by Crippen LogP contribution is -2.56. The molecule has 0 atom stereocenters. The van der Waals surface area contributed by atoms with Crippen molar-refractivity contribution in [2.75, 3.05) is 11.0 Å². The van der Waals surface area contributed by atoms with E-state index in [1.807, 2.05) is 0 Å². The van der Waals surface area contributed by atoms with E-state index in [0.29, 0.717) is 30.0 Å². The van der Waals surface area contributed by atoms with E-state index < -0.39 is 27.4 Å². The average molecular weight is 368 g/mol. The number of aliphatic carboxylic acids is 1. The van der Waals surface area contributed by atoms with Crippen LogP contribution in [0.25, 0.3) is 0 Å². The summed E-state index contributed by atoms with van der Waals surface area (Å²) in [6, 6.07) is 4.60. The summed E-state index contributed by atoms with van der Waals surface area (Å²) in [6.07, 6.45) is 3.27. The Morgan fingerprint density at radius 1 is 1.24 bits per heavy atom. The molecular weight excluding hydrogens is 344 g/mol. The van der Waals surface area contributed by atoms with Gasteiger partial charge in [0.05, 0.1) is 11.9 Å². The zero-order valence-electron chi connectivity index (χ0n) is 14.6. The van der Waals surface area contributed by atoms with Crippen LogP contribution in [0.4, 0.5) is 5.69 Å². The lowest BCUT2D eigenvalue weighted by atomic mass is 9.77. The Bertz CT molecular complexity index is 780. The van der Waals surface area contributed by atoms with Gasteiger partial charge in [-0.25, -0.2) is 13.2 Å². The Labute approximate surface area is 147 Å². The van der Waals surface area contributed by atoms with Gasteiger partial charge in [-0.3, -0.25) is 9.52 Å². The van der Waals surface area contributed by atoms with Gasteiger partial charge in [0.1, 0.15) is 5.54 Å². The Hall–Kier alpha value is -2.09. The van der Waals surface area contributed by atoms with Crippen molar-refractivity contribution in [3.8, 4) is 0 Å². The summed E-state index contributed by atoms with van der Waals surface area (Å²) in [7, 11) is -3.48. The molecule has 1 fully saturated rings. The third-order valence-corrected chi connectivity index (χ3v) is 5.28. The quantitative estimate of drug-likeness (QED) is 0.737. The number of rotatable bonds is 5. The molecule has 0 radical (unpaired) electrons. The third-order valence-electron chi connectivity index (χ3n) is 4.69. The molecule has 1 saturated carbocycles. The van der Waals surface area contributed by atoms with Crippen LogP contribution in [-0.4, -0.2) is 37.2 Å². The molecule has 3 N–H and O–H groups in total. The number of hydrogen-bond donors (Lipinski definition) is 3. The Kier molecular flexibility index (Phi) is 5.41. The predicted octanol–water partition coefficient (Wildman–Crippen LogP) is 2.13. The van der Waals surface area contributed by atoms with E-state index in [1.165, 1.54) is 6.07 Å². The highest BCUT2D eigenvalue weighted by atomic mass is 32.2. The van der Waals surface area contributed by atoms with Crippen LogP contribution in [-0.2, 0) is 14.8 Å². The van der Waals surface area contributed by atoms with E-state index >= 15 is 0 Å². The van der Waals surface area contributed by atoms with Gasteiger partial charge in [0.25, 0.3) is 5.91 Å². The molecule has 25 heavy (non-hydrogen) atoms. The molecule has 1 aromatic carbocycles. The van der Waals surface area contributed by atoms with Gasteiger partial charge in [-0.1, -0.05) is 13.0 Å². The first-order chi connectivity index (χ1) is 11.5. The lowest BCUT2D eigenvalue weighted by molar-refractivity contribution is -0.146. The average Bonchev–Trinajstić information content (AvgIpc) is 2.50. The monoisotopic (exact) mass is 368 g/mol. The third kappa shape index (κ3) is 4.72. The molecule has 1 amide bonds. The topological polar surface area (TPSA) is 113 Å². The first kappa shape index (κ1) is 19.2. The second-order valence-electron chi connectivity index (χ2n) is 6.93. The summed E-state index contributed by atoms with van der Waals surface area (Å²) in [5, 5.41) is 12.3. The Morgan fingerprint density at radius 2 is 1.84 bits per heavy atom. The van der Waals surface area contributed by atoms with Crippen LogP contribution in [0.3, 0.4) is 0 Å². The summed E-state index contributed by atoms with van der Waals surface area (Å²) in [4.78, 5) is 24.3. The summed E-state index contributed by atoms with van der Waals surface area (Å²) in [5.41, 5.74) is -0.0759. The van der Waals surface area contributed by atoms with Gasteiger partial charge in [-0.15, -0.1) is 0 Å². The Morgan fingerprint density at radius 3 is 2.36 bits per heavy atom. The summed E-state index contributed by atoms with van der Waals surface area (Å²) in [5.74, 6) is -1.11. The smallest absolute Gasteiger partial charge is 0.329 e. The minimum Gasteiger partial charge on any atom is -0.480 e. The number of hydrogen-bond acceptors (Lipinski definition) is 4. The number of carbonyl (C=O) groups is 2. The van der Waals surface area contributed by atoms with Crippen molar-refractivity contribution in [1.82, 2.24) is 5.32 Å². The van der Waals surface area contributed by atoms with Crippen LogP contribution >= 0.6 is 0 Å². The normalized spacial score (nSPS) is 23.7. The molecule has 8 heteroatoms. The molecule has 138 valence electrons. The van der Waals surface area contributed by atoms with E-state index in [0.717, 1.165) is 19.1 Å². The molecule has 1 aliphatic carbocycles. The van der Waals surface area contributed by atoms with Crippen molar-refractivity contribution in [2.45, 2.75) is 45.1 Å². The number of carboxylic acids is 1. The van der Waals surface area contributed by atoms with Gasteiger partial charge in [0.15, 0.2) is 0 Å². The molecule has 2 rings (SSSR count). The fraction of sp³-hybridized carbons (Fsp3) is 0.529.